The first-order valence-corrected chi connectivity index (χ1v) is 5.14. The highest BCUT2D eigenvalue weighted by Gasteiger charge is 2.04. The molecule has 0 aliphatic carbocycles. The number of H-pyrrole nitrogens is 1. The zero-order valence-electron chi connectivity index (χ0n) is 6.40. The van der Waals surface area contributed by atoms with Gasteiger partial charge in [0.05, 0.1) is 0 Å². The third-order valence-corrected chi connectivity index (χ3v) is 2.46. The van der Waals surface area contributed by atoms with E-state index in [1.54, 1.807) is 6.20 Å². The molecule has 66 valence electrons. The van der Waals surface area contributed by atoms with Gasteiger partial charge in [0.25, 0.3) is 0 Å². The SMILES string of the molecule is S=c1nccc(C(S)CCS)[nH]1. The van der Waals surface area contributed by atoms with Crippen molar-refractivity contribution in [1.82, 2.24) is 9.97 Å². The van der Waals surface area contributed by atoms with Crippen LogP contribution in [0.25, 0.3) is 0 Å². The lowest BCUT2D eigenvalue weighted by Crippen LogP contribution is -1.96. The first kappa shape index (κ1) is 10.1. The standard InChI is InChI=1S/C7H10N2S3/c10-4-2-6(11)5-1-3-8-7(12)9-5/h1,3,6,10-11H,2,4H2,(H,8,9,12). The molecule has 0 saturated carbocycles. The Morgan fingerprint density at radius 2 is 2.42 bits per heavy atom. The first-order chi connectivity index (χ1) is 5.74. The van der Waals surface area contributed by atoms with Crippen LogP contribution in [0.3, 0.4) is 0 Å². The topological polar surface area (TPSA) is 28.7 Å². The molecule has 1 aromatic heterocycles. The van der Waals surface area contributed by atoms with Crippen LogP contribution in [0.1, 0.15) is 17.4 Å². The number of thiol groups is 2. The minimum Gasteiger partial charge on any atom is -0.333 e. The minimum absolute atomic E-state index is 0.173. The molecule has 1 N–H and O–H groups in total. The number of aromatic amines is 1. The smallest absolute Gasteiger partial charge is 0.196 e. The lowest BCUT2D eigenvalue weighted by atomic mass is 10.2. The molecule has 0 radical (unpaired) electrons. The molecule has 1 rings (SSSR count). The van der Waals surface area contributed by atoms with Crippen molar-refractivity contribution >= 4 is 37.5 Å². The largest absolute Gasteiger partial charge is 0.333 e. The van der Waals surface area contributed by atoms with Gasteiger partial charge in [0, 0.05) is 17.1 Å². The second-order valence-corrected chi connectivity index (χ2v) is 3.82. The monoisotopic (exact) mass is 218 g/mol. The van der Waals surface area contributed by atoms with E-state index in [0.29, 0.717) is 4.77 Å². The van der Waals surface area contributed by atoms with Gasteiger partial charge < -0.3 is 4.98 Å². The van der Waals surface area contributed by atoms with Gasteiger partial charge in [-0.2, -0.15) is 25.3 Å². The molecule has 0 amide bonds. The number of aromatic nitrogens is 2. The van der Waals surface area contributed by atoms with E-state index >= 15 is 0 Å². The van der Waals surface area contributed by atoms with E-state index in [9.17, 15) is 0 Å². The summed E-state index contributed by atoms with van der Waals surface area (Å²) in [6.45, 7) is 0. The van der Waals surface area contributed by atoms with Crippen molar-refractivity contribution in [3.63, 3.8) is 0 Å². The lowest BCUT2D eigenvalue weighted by Gasteiger charge is -2.07. The molecule has 2 nitrogen and oxygen atoms in total. The van der Waals surface area contributed by atoms with E-state index in [2.05, 4.69) is 35.2 Å². The molecule has 0 aromatic carbocycles. The Balaban J connectivity index is 2.80. The van der Waals surface area contributed by atoms with E-state index < -0.39 is 0 Å². The summed E-state index contributed by atoms with van der Waals surface area (Å²) in [7, 11) is 0. The van der Waals surface area contributed by atoms with Crippen LogP contribution in [0.5, 0.6) is 0 Å². The van der Waals surface area contributed by atoms with Crippen molar-refractivity contribution < 1.29 is 0 Å². The molecule has 1 unspecified atom stereocenters. The molecule has 0 fully saturated rings. The van der Waals surface area contributed by atoms with Crippen LogP contribution >= 0.6 is 37.5 Å². The maximum atomic E-state index is 4.88. The van der Waals surface area contributed by atoms with Crippen molar-refractivity contribution in [2.45, 2.75) is 11.7 Å². The third kappa shape index (κ3) is 2.80. The second kappa shape index (κ2) is 4.89. The summed E-state index contributed by atoms with van der Waals surface area (Å²) in [5.41, 5.74) is 1.01. The van der Waals surface area contributed by atoms with E-state index in [1.807, 2.05) is 6.07 Å². The average molecular weight is 218 g/mol. The Labute approximate surface area is 87.6 Å². The molecular weight excluding hydrogens is 208 g/mol. The predicted octanol–water partition coefficient (Wildman–Crippen LogP) is 2.43. The Morgan fingerprint density at radius 1 is 1.67 bits per heavy atom. The number of nitrogens with one attached hydrogen (secondary N) is 1. The maximum absolute atomic E-state index is 4.88. The molecule has 0 spiro atoms. The van der Waals surface area contributed by atoms with Gasteiger partial charge in [0.15, 0.2) is 4.77 Å². The minimum atomic E-state index is 0.173. The molecule has 12 heavy (non-hydrogen) atoms. The molecule has 0 aliphatic heterocycles. The van der Waals surface area contributed by atoms with Crippen LogP contribution in [-0.4, -0.2) is 15.7 Å². The quantitative estimate of drug-likeness (QED) is 0.537. The van der Waals surface area contributed by atoms with Gasteiger partial charge in [-0.25, -0.2) is 4.98 Å². The lowest BCUT2D eigenvalue weighted by molar-refractivity contribution is 0.861. The summed E-state index contributed by atoms with van der Waals surface area (Å²) in [5, 5.41) is 0.173. The Bertz CT molecular complexity index is 297. The molecule has 0 saturated heterocycles. The highest BCUT2D eigenvalue weighted by molar-refractivity contribution is 7.81. The first-order valence-electron chi connectivity index (χ1n) is 3.58. The van der Waals surface area contributed by atoms with Crippen molar-refractivity contribution in [1.29, 1.82) is 0 Å². The van der Waals surface area contributed by atoms with Crippen molar-refractivity contribution in [2.75, 3.05) is 5.75 Å². The number of nitrogens with zero attached hydrogens (tertiary/aromatic N) is 1. The van der Waals surface area contributed by atoms with Gasteiger partial charge in [0.2, 0.25) is 0 Å². The van der Waals surface area contributed by atoms with Crippen molar-refractivity contribution in [3.05, 3.63) is 22.7 Å². The van der Waals surface area contributed by atoms with Gasteiger partial charge in [-0.1, -0.05) is 0 Å². The van der Waals surface area contributed by atoms with Crippen LogP contribution in [-0.2, 0) is 0 Å². The fourth-order valence-electron chi connectivity index (χ4n) is 0.855. The Hall–Kier alpha value is -0.0000000000000000555. The van der Waals surface area contributed by atoms with E-state index in [1.165, 1.54) is 0 Å². The summed E-state index contributed by atoms with van der Waals surface area (Å²) in [6.07, 6.45) is 2.61. The normalized spacial score (nSPS) is 12.8. The van der Waals surface area contributed by atoms with E-state index in [0.717, 1.165) is 17.9 Å². The molecule has 5 heteroatoms. The van der Waals surface area contributed by atoms with Gasteiger partial charge in [-0.05, 0) is 30.5 Å². The summed E-state index contributed by atoms with van der Waals surface area (Å²) in [5.74, 6) is 0.817. The zero-order chi connectivity index (χ0) is 8.97. The van der Waals surface area contributed by atoms with Crippen LogP contribution in [0.4, 0.5) is 0 Å². The van der Waals surface area contributed by atoms with Crippen molar-refractivity contribution in [2.24, 2.45) is 0 Å². The average Bonchev–Trinajstić information content (AvgIpc) is 2.05. The summed E-state index contributed by atoms with van der Waals surface area (Å²) in [6, 6.07) is 1.89. The zero-order valence-corrected chi connectivity index (χ0v) is 9.00. The maximum Gasteiger partial charge on any atom is 0.196 e. The molecule has 0 bridgehead atoms. The number of hydrogen-bond acceptors (Lipinski definition) is 4. The number of hydrogen-bond donors (Lipinski definition) is 3. The van der Waals surface area contributed by atoms with E-state index in [-0.39, 0.29) is 5.25 Å². The van der Waals surface area contributed by atoms with Crippen LogP contribution in [0, 0.1) is 4.77 Å². The fourth-order valence-corrected chi connectivity index (χ4v) is 1.78. The van der Waals surface area contributed by atoms with Gasteiger partial charge >= 0.3 is 0 Å². The van der Waals surface area contributed by atoms with Gasteiger partial charge in [-0.15, -0.1) is 0 Å². The van der Waals surface area contributed by atoms with Gasteiger partial charge in [-0.3, -0.25) is 0 Å². The van der Waals surface area contributed by atoms with Crippen LogP contribution in [0.15, 0.2) is 12.3 Å². The number of rotatable bonds is 3. The Kier molecular flexibility index (Phi) is 4.11. The fraction of sp³-hybridized carbons (Fsp3) is 0.429. The third-order valence-electron chi connectivity index (χ3n) is 1.46. The van der Waals surface area contributed by atoms with Crippen molar-refractivity contribution in [3.8, 4) is 0 Å². The molecular formula is C7H10N2S3. The molecule has 0 aliphatic rings. The van der Waals surface area contributed by atoms with E-state index in [4.69, 9.17) is 12.2 Å². The van der Waals surface area contributed by atoms with Crippen LogP contribution < -0.4 is 0 Å². The molecule has 1 heterocycles. The molecule has 1 atom stereocenters. The highest BCUT2D eigenvalue weighted by Crippen LogP contribution is 2.20. The summed E-state index contributed by atoms with van der Waals surface area (Å²) >= 11 is 13.4. The molecule has 1 aromatic rings. The van der Waals surface area contributed by atoms with Crippen LogP contribution in [0.2, 0.25) is 0 Å². The summed E-state index contributed by atoms with van der Waals surface area (Å²) < 4.78 is 0.505. The summed E-state index contributed by atoms with van der Waals surface area (Å²) in [4.78, 5) is 6.87. The van der Waals surface area contributed by atoms with Gasteiger partial charge in [0.1, 0.15) is 0 Å². The second-order valence-electron chi connectivity index (χ2n) is 2.36. The highest BCUT2D eigenvalue weighted by atomic mass is 32.1. The predicted molar refractivity (Wildman–Crippen MR) is 59.6 cm³/mol. The Morgan fingerprint density at radius 3 is 3.00 bits per heavy atom.